The Morgan fingerprint density at radius 2 is 2.06 bits per heavy atom. The minimum atomic E-state index is -0.386. The molecule has 6 nitrogen and oxygen atoms in total. The third-order valence-electron chi connectivity index (χ3n) is 1.67. The summed E-state index contributed by atoms with van der Waals surface area (Å²) >= 11 is 5.65. The van der Waals surface area contributed by atoms with Crippen molar-refractivity contribution in [3.05, 3.63) is 41.7 Å². The van der Waals surface area contributed by atoms with E-state index in [1.54, 1.807) is 0 Å². The molecular formula is C9H6ClN5O. The average molecular weight is 236 g/mol. The largest absolute Gasteiger partial charge is 0.290 e. The molecule has 2 heterocycles. The molecule has 0 saturated heterocycles. The zero-order valence-corrected chi connectivity index (χ0v) is 8.72. The Hall–Kier alpha value is -2.08. The molecule has 0 aromatic carbocycles. The van der Waals surface area contributed by atoms with Gasteiger partial charge >= 0.3 is 0 Å². The summed E-state index contributed by atoms with van der Waals surface area (Å²) in [4.78, 5) is 26.7. The second kappa shape index (κ2) is 4.63. The van der Waals surface area contributed by atoms with E-state index in [1.807, 2.05) is 0 Å². The van der Waals surface area contributed by atoms with Gasteiger partial charge in [0.1, 0.15) is 11.5 Å². The molecule has 0 aliphatic rings. The standard InChI is InChI=1S/C9H6ClN5O/c10-7-1-2-13-9(14-7)15-8(16)6-3-11-5-12-4-6/h1-5H,(H,13,14,15,16). The molecule has 0 fully saturated rings. The topological polar surface area (TPSA) is 80.7 Å². The van der Waals surface area contributed by atoms with Crippen molar-refractivity contribution in [2.75, 3.05) is 5.32 Å². The van der Waals surface area contributed by atoms with Gasteiger partial charge in [0.15, 0.2) is 0 Å². The fourth-order valence-electron chi connectivity index (χ4n) is 0.987. The Bertz CT molecular complexity index is 504. The summed E-state index contributed by atoms with van der Waals surface area (Å²) in [5.74, 6) is -0.246. The molecule has 16 heavy (non-hydrogen) atoms. The molecule has 2 rings (SSSR count). The molecule has 0 bridgehead atoms. The molecular weight excluding hydrogens is 230 g/mol. The van der Waals surface area contributed by atoms with E-state index >= 15 is 0 Å². The summed E-state index contributed by atoms with van der Waals surface area (Å²) in [6, 6.07) is 1.52. The highest BCUT2D eigenvalue weighted by Crippen LogP contribution is 2.06. The Kier molecular flexibility index (Phi) is 3.02. The summed E-state index contributed by atoms with van der Waals surface area (Å²) in [6.45, 7) is 0. The first-order chi connectivity index (χ1) is 7.75. The maximum absolute atomic E-state index is 11.6. The lowest BCUT2D eigenvalue weighted by atomic mass is 10.3. The number of carbonyl (C=O) groups excluding carboxylic acids is 1. The number of rotatable bonds is 2. The quantitative estimate of drug-likeness (QED) is 0.791. The normalized spacial score (nSPS) is 9.81. The van der Waals surface area contributed by atoms with Crippen molar-refractivity contribution in [3.63, 3.8) is 0 Å². The van der Waals surface area contributed by atoms with Gasteiger partial charge in [-0.2, -0.15) is 0 Å². The van der Waals surface area contributed by atoms with Crippen molar-refractivity contribution in [1.29, 1.82) is 0 Å². The summed E-state index contributed by atoms with van der Waals surface area (Å²) in [5.41, 5.74) is 0.325. The lowest BCUT2D eigenvalue weighted by Gasteiger charge is -2.02. The zero-order valence-electron chi connectivity index (χ0n) is 7.96. The lowest BCUT2D eigenvalue weighted by molar-refractivity contribution is 0.102. The number of hydrogen-bond donors (Lipinski definition) is 1. The van der Waals surface area contributed by atoms with Crippen LogP contribution < -0.4 is 5.32 Å². The smallest absolute Gasteiger partial charge is 0.261 e. The predicted octanol–water partition coefficient (Wildman–Crippen LogP) is 1.17. The molecule has 2 aromatic heterocycles. The van der Waals surface area contributed by atoms with Crippen molar-refractivity contribution in [2.24, 2.45) is 0 Å². The molecule has 0 aliphatic heterocycles. The molecule has 7 heteroatoms. The van der Waals surface area contributed by atoms with E-state index < -0.39 is 0 Å². The maximum atomic E-state index is 11.6. The minimum Gasteiger partial charge on any atom is -0.290 e. The Balaban J connectivity index is 2.14. The van der Waals surface area contributed by atoms with Crippen LogP contribution in [0.1, 0.15) is 10.4 Å². The average Bonchev–Trinajstić information content (AvgIpc) is 2.30. The fourth-order valence-corrected chi connectivity index (χ4v) is 1.12. The monoisotopic (exact) mass is 235 g/mol. The molecule has 0 saturated carbocycles. The van der Waals surface area contributed by atoms with E-state index in [1.165, 1.54) is 31.0 Å². The highest BCUT2D eigenvalue weighted by atomic mass is 35.5. The van der Waals surface area contributed by atoms with Crippen molar-refractivity contribution < 1.29 is 4.79 Å². The summed E-state index contributed by atoms with van der Waals surface area (Å²) in [7, 11) is 0. The summed E-state index contributed by atoms with van der Waals surface area (Å²) in [5, 5.41) is 2.73. The van der Waals surface area contributed by atoms with Gasteiger partial charge in [-0.3, -0.25) is 10.1 Å². The zero-order chi connectivity index (χ0) is 11.4. The van der Waals surface area contributed by atoms with Gasteiger partial charge < -0.3 is 0 Å². The van der Waals surface area contributed by atoms with Gasteiger partial charge in [0.05, 0.1) is 5.56 Å². The Labute approximate surface area is 95.7 Å². The van der Waals surface area contributed by atoms with E-state index in [2.05, 4.69) is 25.3 Å². The molecule has 0 spiro atoms. The van der Waals surface area contributed by atoms with Crippen LogP contribution in [0, 0.1) is 0 Å². The van der Waals surface area contributed by atoms with Crippen LogP contribution in [0.2, 0.25) is 5.15 Å². The number of halogens is 1. The van der Waals surface area contributed by atoms with E-state index in [0.717, 1.165) is 0 Å². The number of aromatic nitrogens is 4. The van der Waals surface area contributed by atoms with Gasteiger partial charge in [-0.25, -0.2) is 19.9 Å². The number of amides is 1. The number of nitrogens with zero attached hydrogens (tertiary/aromatic N) is 4. The van der Waals surface area contributed by atoms with Gasteiger partial charge in [0.2, 0.25) is 5.95 Å². The van der Waals surface area contributed by atoms with Crippen molar-refractivity contribution in [2.45, 2.75) is 0 Å². The third-order valence-corrected chi connectivity index (χ3v) is 1.88. The van der Waals surface area contributed by atoms with E-state index in [4.69, 9.17) is 11.6 Å². The van der Waals surface area contributed by atoms with Crippen LogP contribution >= 0.6 is 11.6 Å². The third kappa shape index (κ3) is 2.48. The predicted molar refractivity (Wildman–Crippen MR) is 57.0 cm³/mol. The van der Waals surface area contributed by atoms with Crippen LogP contribution in [0.3, 0.4) is 0 Å². The summed E-state index contributed by atoms with van der Waals surface area (Å²) in [6.07, 6.45) is 5.58. The highest BCUT2D eigenvalue weighted by molar-refractivity contribution is 6.29. The SMILES string of the molecule is O=C(Nc1nccc(Cl)n1)c1cncnc1. The molecule has 0 unspecified atom stereocenters. The number of nitrogens with one attached hydrogen (secondary N) is 1. The minimum absolute atomic E-state index is 0.140. The Morgan fingerprint density at radius 3 is 2.75 bits per heavy atom. The van der Waals surface area contributed by atoms with E-state index in [0.29, 0.717) is 5.56 Å². The second-order valence-corrected chi connectivity index (χ2v) is 3.17. The molecule has 0 aliphatic carbocycles. The van der Waals surface area contributed by atoms with Crippen LogP contribution in [0.15, 0.2) is 31.0 Å². The molecule has 1 amide bonds. The van der Waals surface area contributed by atoms with Gasteiger partial charge in [-0.1, -0.05) is 11.6 Å². The van der Waals surface area contributed by atoms with Gasteiger partial charge in [0, 0.05) is 18.6 Å². The van der Waals surface area contributed by atoms with Gasteiger partial charge in [-0.15, -0.1) is 0 Å². The molecule has 1 N–H and O–H groups in total. The Morgan fingerprint density at radius 1 is 1.31 bits per heavy atom. The van der Waals surface area contributed by atoms with E-state index in [-0.39, 0.29) is 17.0 Å². The molecule has 0 radical (unpaired) electrons. The van der Waals surface area contributed by atoms with Crippen LogP contribution in [-0.2, 0) is 0 Å². The van der Waals surface area contributed by atoms with Gasteiger partial charge in [0.25, 0.3) is 5.91 Å². The maximum Gasteiger partial charge on any atom is 0.261 e. The van der Waals surface area contributed by atoms with Crippen molar-refractivity contribution >= 4 is 23.5 Å². The first kappa shape index (κ1) is 10.4. The summed E-state index contributed by atoms with van der Waals surface area (Å²) < 4.78 is 0. The first-order valence-electron chi connectivity index (χ1n) is 4.30. The first-order valence-corrected chi connectivity index (χ1v) is 4.68. The number of hydrogen-bond acceptors (Lipinski definition) is 5. The number of carbonyl (C=O) groups is 1. The van der Waals surface area contributed by atoms with Crippen LogP contribution in [0.25, 0.3) is 0 Å². The van der Waals surface area contributed by atoms with E-state index in [9.17, 15) is 4.79 Å². The van der Waals surface area contributed by atoms with Crippen LogP contribution in [0.4, 0.5) is 5.95 Å². The lowest BCUT2D eigenvalue weighted by Crippen LogP contribution is -2.14. The van der Waals surface area contributed by atoms with Crippen LogP contribution in [0.5, 0.6) is 0 Å². The molecule has 2 aromatic rings. The van der Waals surface area contributed by atoms with Crippen molar-refractivity contribution in [1.82, 2.24) is 19.9 Å². The second-order valence-electron chi connectivity index (χ2n) is 2.78. The molecule has 0 atom stereocenters. The highest BCUT2D eigenvalue weighted by Gasteiger charge is 2.07. The number of anilines is 1. The van der Waals surface area contributed by atoms with Gasteiger partial charge in [-0.05, 0) is 6.07 Å². The molecule has 80 valence electrons. The fraction of sp³-hybridized carbons (Fsp3) is 0. The van der Waals surface area contributed by atoms with Crippen LogP contribution in [-0.4, -0.2) is 25.8 Å². The van der Waals surface area contributed by atoms with Crippen molar-refractivity contribution in [3.8, 4) is 0 Å².